The molecule has 0 aliphatic carbocycles. The molecule has 7 nitrogen and oxygen atoms in total. The number of halogens is 1. The molecule has 53 heavy (non-hydrogen) atoms. The summed E-state index contributed by atoms with van der Waals surface area (Å²) in [5, 5.41) is 12.6. The number of thioether (sulfide) groups is 1. The molecule has 0 saturated carbocycles. The fourth-order valence-electron chi connectivity index (χ4n) is 5.61. The van der Waals surface area contributed by atoms with E-state index in [0.29, 0.717) is 16.4 Å². The van der Waals surface area contributed by atoms with Crippen LogP contribution < -0.4 is 16.0 Å². The molecule has 7 rings (SSSR count). The number of amides is 3. The highest BCUT2D eigenvalue weighted by atomic mass is 79.9. The van der Waals surface area contributed by atoms with Crippen molar-refractivity contribution in [2.75, 3.05) is 10.6 Å². The monoisotopic (exact) mass is 794 g/mol. The molecule has 0 saturated heterocycles. The molecule has 0 fully saturated rings. The topological polar surface area (TPSA) is 100 Å². The van der Waals surface area contributed by atoms with Crippen LogP contribution in [0.3, 0.4) is 0 Å². The summed E-state index contributed by atoms with van der Waals surface area (Å²) in [5.74, 6) is -1.12. The van der Waals surface area contributed by atoms with Crippen molar-refractivity contribution in [3.63, 3.8) is 0 Å². The predicted molar refractivity (Wildman–Crippen MR) is 220 cm³/mol. The van der Waals surface area contributed by atoms with Gasteiger partial charge in [0.05, 0.1) is 5.69 Å². The Morgan fingerprint density at radius 2 is 1.43 bits per heavy atom. The van der Waals surface area contributed by atoms with E-state index < -0.39 is 17.1 Å². The van der Waals surface area contributed by atoms with Crippen molar-refractivity contribution < 1.29 is 14.4 Å². The molecule has 1 aromatic heterocycles. The Bertz CT molecular complexity index is 2430. The standard InChI is InChI=1S/C43H31BrN4O3S2/c44-33-23-21-29(22-24-33)38-27-52-43(47-38)48-42(51)39(30-12-3-1-4-13-30)53-35-19-10-18-34(26-35)45-41(50)37(46-40(49)31-14-5-2-6-15-31)25-32-17-9-16-28-11-7-8-20-36(28)32/h1-27,39H,(H,45,50)(H,46,49)(H,47,48,51)/b37-25+. The van der Waals surface area contributed by atoms with Gasteiger partial charge in [-0.2, -0.15) is 0 Å². The lowest BCUT2D eigenvalue weighted by Gasteiger charge is -2.17. The molecule has 0 aliphatic heterocycles. The fourth-order valence-corrected chi connectivity index (χ4v) is 7.68. The number of nitrogens with zero attached hydrogens (tertiary/aromatic N) is 1. The molecule has 260 valence electrons. The Hall–Kier alpha value is -5.81. The zero-order chi connectivity index (χ0) is 36.6. The van der Waals surface area contributed by atoms with E-state index in [4.69, 9.17) is 0 Å². The quantitative estimate of drug-likeness (QED) is 0.0894. The maximum Gasteiger partial charge on any atom is 0.272 e. The Kier molecular flexibility index (Phi) is 11.2. The SMILES string of the molecule is O=C(Nc1cccc(SC(C(=O)Nc2nc(-c3ccc(Br)cc3)cs2)c2ccccc2)c1)/C(=C\c1cccc2ccccc12)NC(=O)c1ccccc1. The van der Waals surface area contributed by atoms with E-state index in [0.717, 1.165) is 42.5 Å². The summed E-state index contributed by atoms with van der Waals surface area (Å²) in [7, 11) is 0. The second kappa shape index (κ2) is 16.7. The first-order chi connectivity index (χ1) is 25.9. The fraction of sp³-hybridized carbons (Fsp3) is 0.0233. The third-order valence-corrected chi connectivity index (χ3v) is 10.7. The summed E-state index contributed by atoms with van der Waals surface area (Å²) in [4.78, 5) is 46.5. The molecule has 1 atom stereocenters. The van der Waals surface area contributed by atoms with E-state index in [2.05, 4.69) is 36.9 Å². The van der Waals surface area contributed by atoms with Gasteiger partial charge < -0.3 is 16.0 Å². The molecule has 0 aliphatic rings. The number of anilines is 2. The smallest absolute Gasteiger partial charge is 0.272 e. The Balaban J connectivity index is 1.12. The van der Waals surface area contributed by atoms with Crippen molar-refractivity contribution in [1.82, 2.24) is 10.3 Å². The van der Waals surface area contributed by atoms with Gasteiger partial charge in [0, 0.05) is 31.6 Å². The molecule has 1 heterocycles. The minimum atomic E-state index is -0.617. The minimum Gasteiger partial charge on any atom is -0.321 e. The molecule has 1 unspecified atom stereocenters. The number of fused-ring (bicyclic) bond motifs is 1. The van der Waals surface area contributed by atoms with Gasteiger partial charge in [-0.3, -0.25) is 14.4 Å². The molecule has 10 heteroatoms. The van der Waals surface area contributed by atoms with E-state index >= 15 is 0 Å². The average molecular weight is 796 g/mol. The van der Waals surface area contributed by atoms with Crippen LogP contribution in [0, 0.1) is 0 Å². The number of carbonyl (C=O) groups is 3. The third kappa shape index (κ3) is 8.99. The summed E-state index contributed by atoms with van der Waals surface area (Å²) in [6, 6.07) is 47.1. The highest BCUT2D eigenvalue weighted by molar-refractivity contribution is 9.10. The van der Waals surface area contributed by atoms with E-state index in [1.165, 1.54) is 23.1 Å². The van der Waals surface area contributed by atoms with Crippen LogP contribution in [0.5, 0.6) is 0 Å². The maximum absolute atomic E-state index is 13.9. The molecule has 0 spiro atoms. The van der Waals surface area contributed by atoms with Gasteiger partial charge >= 0.3 is 0 Å². The predicted octanol–water partition coefficient (Wildman–Crippen LogP) is 10.6. The van der Waals surface area contributed by atoms with Gasteiger partial charge in [-0.15, -0.1) is 23.1 Å². The Morgan fingerprint density at radius 3 is 2.23 bits per heavy atom. The second-order valence-corrected chi connectivity index (χ2v) is 14.8. The normalized spacial score (nSPS) is 11.8. The van der Waals surface area contributed by atoms with Gasteiger partial charge in [0.15, 0.2) is 5.13 Å². The Morgan fingerprint density at radius 1 is 0.736 bits per heavy atom. The molecular formula is C43H31BrN4O3S2. The third-order valence-electron chi connectivity index (χ3n) is 8.21. The molecule has 7 aromatic rings. The number of benzene rings is 6. The number of hydrogen-bond donors (Lipinski definition) is 3. The lowest BCUT2D eigenvalue weighted by atomic mass is 10.0. The number of aromatic nitrogens is 1. The second-order valence-electron chi connectivity index (χ2n) is 11.9. The van der Waals surface area contributed by atoms with Crippen LogP contribution >= 0.6 is 39.0 Å². The molecular weight excluding hydrogens is 765 g/mol. The molecule has 3 N–H and O–H groups in total. The Labute approximate surface area is 323 Å². The van der Waals surface area contributed by atoms with Gasteiger partial charge in [-0.05, 0) is 70.4 Å². The average Bonchev–Trinajstić information content (AvgIpc) is 3.66. The lowest BCUT2D eigenvalue weighted by Crippen LogP contribution is -2.30. The van der Waals surface area contributed by atoms with Crippen molar-refractivity contribution in [2.45, 2.75) is 10.1 Å². The van der Waals surface area contributed by atoms with Crippen LogP contribution in [-0.4, -0.2) is 22.7 Å². The van der Waals surface area contributed by atoms with Crippen LogP contribution in [0.1, 0.15) is 26.7 Å². The molecule has 3 amide bonds. The lowest BCUT2D eigenvalue weighted by molar-refractivity contribution is -0.116. The van der Waals surface area contributed by atoms with E-state index in [-0.39, 0.29) is 11.6 Å². The van der Waals surface area contributed by atoms with Crippen LogP contribution in [0.25, 0.3) is 28.1 Å². The summed E-state index contributed by atoms with van der Waals surface area (Å²) in [6.45, 7) is 0. The van der Waals surface area contributed by atoms with Crippen molar-refractivity contribution in [1.29, 1.82) is 0 Å². The van der Waals surface area contributed by atoms with Crippen molar-refractivity contribution in [2.24, 2.45) is 0 Å². The number of rotatable bonds is 11. The minimum absolute atomic E-state index is 0.0840. The highest BCUT2D eigenvalue weighted by Crippen LogP contribution is 2.38. The van der Waals surface area contributed by atoms with E-state index in [1.54, 1.807) is 36.4 Å². The zero-order valence-electron chi connectivity index (χ0n) is 28.0. The van der Waals surface area contributed by atoms with Crippen molar-refractivity contribution in [3.05, 3.63) is 184 Å². The highest BCUT2D eigenvalue weighted by Gasteiger charge is 2.24. The van der Waals surface area contributed by atoms with E-state index in [1.807, 2.05) is 127 Å². The van der Waals surface area contributed by atoms with Crippen LogP contribution in [0.15, 0.2) is 172 Å². The van der Waals surface area contributed by atoms with Crippen molar-refractivity contribution >= 4 is 84.4 Å². The van der Waals surface area contributed by atoms with E-state index in [9.17, 15) is 14.4 Å². The van der Waals surface area contributed by atoms with Gasteiger partial charge in [0.1, 0.15) is 10.9 Å². The van der Waals surface area contributed by atoms with Gasteiger partial charge in [0.2, 0.25) is 5.91 Å². The van der Waals surface area contributed by atoms with Gasteiger partial charge in [-0.25, -0.2) is 4.98 Å². The maximum atomic E-state index is 13.9. The largest absolute Gasteiger partial charge is 0.321 e. The van der Waals surface area contributed by atoms with Crippen molar-refractivity contribution in [3.8, 4) is 11.3 Å². The van der Waals surface area contributed by atoms with Crippen LogP contribution in [0.2, 0.25) is 0 Å². The zero-order valence-corrected chi connectivity index (χ0v) is 31.3. The summed E-state index contributed by atoms with van der Waals surface area (Å²) in [5.41, 5.74) is 4.34. The summed E-state index contributed by atoms with van der Waals surface area (Å²) < 4.78 is 0.976. The van der Waals surface area contributed by atoms with Gasteiger partial charge in [-0.1, -0.05) is 125 Å². The number of carbonyl (C=O) groups excluding carboxylic acids is 3. The number of thiazole rings is 1. The molecule has 6 aromatic carbocycles. The first kappa shape index (κ1) is 35.6. The number of hydrogen-bond acceptors (Lipinski definition) is 6. The van der Waals surface area contributed by atoms with Crippen LogP contribution in [0.4, 0.5) is 10.8 Å². The molecule has 0 bridgehead atoms. The van der Waals surface area contributed by atoms with Crippen LogP contribution in [-0.2, 0) is 9.59 Å². The summed E-state index contributed by atoms with van der Waals surface area (Å²) in [6.07, 6.45) is 1.69. The number of nitrogens with one attached hydrogen (secondary N) is 3. The summed E-state index contributed by atoms with van der Waals surface area (Å²) >= 11 is 6.19. The van der Waals surface area contributed by atoms with Gasteiger partial charge in [0.25, 0.3) is 11.8 Å². The first-order valence-corrected chi connectivity index (χ1v) is 19.2. The molecule has 0 radical (unpaired) electrons. The first-order valence-electron chi connectivity index (χ1n) is 16.6.